The number of hydrogen-bond donors (Lipinski definition) is 2. The topological polar surface area (TPSA) is 40.5 Å². The fraction of sp³-hybridized carbons (Fsp3) is 0.652. The van der Waals surface area contributed by atoms with Crippen LogP contribution in [0.1, 0.15) is 180 Å². The molecular formula is C46H70O2. The molecule has 0 amide bonds. The van der Waals surface area contributed by atoms with Gasteiger partial charge in [-0.15, -0.1) is 12.8 Å². The van der Waals surface area contributed by atoms with Crippen LogP contribution in [-0.2, 0) is 0 Å². The molecule has 0 bridgehead atoms. The van der Waals surface area contributed by atoms with Crippen molar-refractivity contribution in [3.05, 3.63) is 48.6 Å². The maximum absolute atomic E-state index is 9.97. The van der Waals surface area contributed by atoms with Crippen LogP contribution in [0, 0.1) is 48.4 Å². The fourth-order valence-electron chi connectivity index (χ4n) is 5.40. The first-order valence-corrected chi connectivity index (χ1v) is 19.6. The summed E-state index contributed by atoms with van der Waals surface area (Å²) in [5.41, 5.74) is 0. The number of terminal acetylenes is 2. The van der Waals surface area contributed by atoms with Gasteiger partial charge in [0.1, 0.15) is 6.10 Å². The molecule has 0 saturated heterocycles. The van der Waals surface area contributed by atoms with Crippen LogP contribution in [0.3, 0.4) is 0 Å². The van der Waals surface area contributed by atoms with Gasteiger partial charge in [0.2, 0.25) is 0 Å². The van der Waals surface area contributed by atoms with E-state index in [0.29, 0.717) is 0 Å². The van der Waals surface area contributed by atoms with Crippen LogP contribution in [0.15, 0.2) is 48.6 Å². The summed E-state index contributed by atoms with van der Waals surface area (Å²) in [5.74, 6) is 16.8. The monoisotopic (exact) mass is 655 g/mol. The van der Waals surface area contributed by atoms with E-state index in [9.17, 15) is 10.2 Å². The summed E-state index contributed by atoms with van der Waals surface area (Å²) >= 11 is 0. The summed E-state index contributed by atoms with van der Waals surface area (Å²) in [6.45, 7) is 0. The third-order valence-electron chi connectivity index (χ3n) is 8.34. The molecule has 2 atom stereocenters. The smallest absolute Gasteiger partial charge is 0.176 e. The van der Waals surface area contributed by atoms with Gasteiger partial charge in [-0.1, -0.05) is 149 Å². The number of hydrogen-bond acceptors (Lipinski definition) is 2. The molecule has 0 aromatic carbocycles. The zero-order chi connectivity index (χ0) is 34.9. The quantitative estimate of drug-likeness (QED) is 0.0444. The summed E-state index contributed by atoms with van der Waals surface area (Å²) in [7, 11) is 0. The molecule has 48 heavy (non-hydrogen) atoms. The van der Waals surface area contributed by atoms with Crippen LogP contribution in [-0.4, -0.2) is 22.4 Å². The zero-order valence-corrected chi connectivity index (χ0v) is 30.6. The van der Waals surface area contributed by atoms with Gasteiger partial charge < -0.3 is 10.2 Å². The van der Waals surface area contributed by atoms with Crippen LogP contribution in [0.2, 0.25) is 0 Å². The highest BCUT2D eigenvalue weighted by Crippen LogP contribution is 2.13. The van der Waals surface area contributed by atoms with Crippen LogP contribution < -0.4 is 0 Å². The first-order chi connectivity index (χ1) is 23.7. The first kappa shape index (κ1) is 45.1. The Morgan fingerprint density at radius 1 is 0.417 bits per heavy atom. The van der Waals surface area contributed by atoms with Crippen molar-refractivity contribution in [3.63, 3.8) is 0 Å². The third-order valence-corrected chi connectivity index (χ3v) is 8.34. The van der Waals surface area contributed by atoms with Crippen LogP contribution >= 0.6 is 0 Å². The van der Waals surface area contributed by atoms with E-state index in [-0.39, 0.29) is 0 Å². The lowest BCUT2D eigenvalue weighted by molar-refractivity contribution is 0.280. The molecule has 2 N–H and O–H groups in total. The molecule has 2 nitrogen and oxygen atoms in total. The van der Waals surface area contributed by atoms with E-state index in [2.05, 4.69) is 65.9 Å². The maximum atomic E-state index is 9.97. The van der Waals surface area contributed by atoms with Crippen molar-refractivity contribution in [3.8, 4) is 48.4 Å². The SMILES string of the molecule is C#C/C=C\CCCCCCCCCCCCCC/C=C\CCCCC#CC(O)C#CCCCC/C=C\CCCCCC/C=C/[C@H](O)C#C. The predicted octanol–water partition coefficient (Wildman–Crippen LogP) is 12.1. The number of aliphatic hydroxyl groups is 2. The standard InChI is InChI=1S/C46H70O2/c1-3-5-6-7-8-9-10-11-12-13-14-15-16-17-18-19-20-21-25-28-31-34-37-40-43-46(48)44-41-38-35-32-29-26-23-22-24-27-30-33-36-39-42-45(47)4-2/h1-2,5-6,21,23,25-26,39,42,45-48H,7-20,22,24,27-38H2/b6-5-,25-21-,26-23-,42-39+/t45-,46?/m1/s1. The van der Waals surface area contributed by atoms with Crippen LogP contribution in [0.4, 0.5) is 0 Å². The number of rotatable bonds is 31. The zero-order valence-electron chi connectivity index (χ0n) is 30.6. The Bertz CT molecular complexity index is 1020. The average molecular weight is 655 g/mol. The Balaban J connectivity index is 3.44. The van der Waals surface area contributed by atoms with Crippen molar-refractivity contribution >= 4 is 0 Å². The molecule has 0 aliphatic rings. The van der Waals surface area contributed by atoms with Crippen LogP contribution in [0.25, 0.3) is 0 Å². The Hall–Kier alpha value is -2.88. The molecule has 0 fully saturated rings. The molecular weight excluding hydrogens is 585 g/mol. The summed E-state index contributed by atoms with van der Waals surface area (Å²) in [4.78, 5) is 0. The molecule has 0 aliphatic carbocycles. The van der Waals surface area contributed by atoms with Crippen molar-refractivity contribution < 1.29 is 10.2 Å². The number of aliphatic hydroxyl groups excluding tert-OH is 2. The third kappa shape index (κ3) is 39.3. The van der Waals surface area contributed by atoms with Crippen molar-refractivity contribution in [2.45, 2.75) is 192 Å². The largest absolute Gasteiger partial charge is 0.377 e. The molecule has 2 heteroatoms. The van der Waals surface area contributed by atoms with Gasteiger partial charge in [-0.05, 0) is 102 Å². The van der Waals surface area contributed by atoms with Gasteiger partial charge in [0.05, 0.1) is 0 Å². The van der Waals surface area contributed by atoms with E-state index in [0.717, 1.165) is 77.0 Å². The maximum Gasteiger partial charge on any atom is 0.176 e. The Labute approximate surface area is 298 Å². The Morgan fingerprint density at radius 3 is 1.12 bits per heavy atom. The molecule has 0 heterocycles. The Morgan fingerprint density at radius 2 is 0.750 bits per heavy atom. The number of unbranched alkanes of at least 4 members (excludes halogenated alkanes) is 24. The van der Waals surface area contributed by atoms with Crippen molar-refractivity contribution in [1.29, 1.82) is 0 Å². The molecule has 0 spiro atoms. The van der Waals surface area contributed by atoms with Gasteiger partial charge in [0.15, 0.2) is 6.10 Å². The molecule has 0 radical (unpaired) electrons. The Kier molecular flexibility index (Phi) is 37.9. The van der Waals surface area contributed by atoms with Crippen molar-refractivity contribution in [2.24, 2.45) is 0 Å². The second kappa shape index (κ2) is 40.3. The second-order valence-electron chi connectivity index (χ2n) is 12.9. The van der Waals surface area contributed by atoms with Crippen LogP contribution in [0.5, 0.6) is 0 Å². The molecule has 0 rings (SSSR count). The molecule has 266 valence electrons. The molecule has 0 aliphatic heterocycles. The summed E-state index contributed by atoms with van der Waals surface area (Å²) in [6, 6.07) is 0. The van der Waals surface area contributed by atoms with Gasteiger partial charge in [-0.3, -0.25) is 0 Å². The molecule has 0 aromatic rings. The normalized spacial score (nSPS) is 12.6. The molecule has 0 aromatic heterocycles. The van der Waals surface area contributed by atoms with E-state index in [1.807, 2.05) is 12.2 Å². The van der Waals surface area contributed by atoms with E-state index in [1.54, 1.807) is 6.08 Å². The highest BCUT2D eigenvalue weighted by atomic mass is 16.3. The summed E-state index contributed by atoms with van der Waals surface area (Å²) in [6.07, 6.45) is 59.7. The molecule has 1 unspecified atom stereocenters. The van der Waals surface area contributed by atoms with Gasteiger partial charge in [-0.25, -0.2) is 0 Å². The minimum absolute atomic E-state index is 0.744. The minimum atomic E-state index is -0.816. The summed E-state index contributed by atoms with van der Waals surface area (Å²) < 4.78 is 0. The van der Waals surface area contributed by atoms with E-state index >= 15 is 0 Å². The lowest BCUT2D eigenvalue weighted by Gasteiger charge is -2.02. The lowest BCUT2D eigenvalue weighted by atomic mass is 10.0. The van der Waals surface area contributed by atoms with E-state index < -0.39 is 12.2 Å². The highest BCUT2D eigenvalue weighted by Gasteiger charge is 1.95. The molecule has 0 saturated carbocycles. The van der Waals surface area contributed by atoms with Crippen molar-refractivity contribution in [1.82, 2.24) is 0 Å². The summed E-state index contributed by atoms with van der Waals surface area (Å²) in [5, 5.41) is 19.2. The van der Waals surface area contributed by atoms with E-state index in [1.165, 1.54) is 103 Å². The number of allylic oxidation sites excluding steroid dienone is 7. The minimum Gasteiger partial charge on any atom is -0.377 e. The first-order valence-electron chi connectivity index (χ1n) is 19.6. The average Bonchev–Trinajstić information content (AvgIpc) is 3.09. The van der Waals surface area contributed by atoms with Gasteiger partial charge in [-0.2, -0.15) is 0 Å². The lowest BCUT2D eigenvalue weighted by Crippen LogP contribution is -1.97. The fourth-order valence-corrected chi connectivity index (χ4v) is 5.40. The predicted molar refractivity (Wildman–Crippen MR) is 211 cm³/mol. The van der Waals surface area contributed by atoms with E-state index in [4.69, 9.17) is 12.8 Å². The van der Waals surface area contributed by atoms with Gasteiger partial charge >= 0.3 is 0 Å². The van der Waals surface area contributed by atoms with Gasteiger partial charge in [0, 0.05) is 12.8 Å². The van der Waals surface area contributed by atoms with Gasteiger partial charge in [0.25, 0.3) is 0 Å². The highest BCUT2D eigenvalue weighted by molar-refractivity contribution is 5.19. The van der Waals surface area contributed by atoms with Crippen molar-refractivity contribution in [2.75, 3.05) is 0 Å². The second-order valence-corrected chi connectivity index (χ2v) is 12.9.